The second-order valence-electron chi connectivity index (χ2n) is 4.65. The summed E-state index contributed by atoms with van der Waals surface area (Å²) in [7, 11) is -3.75. The van der Waals surface area contributed by atoms with E-state index in [2.05, 4.69) is 36.8 Å². The van der Waals surface area contributed by atoms with Crippen LogP contribution in [0.15, 0.2) is 68.7 Å². The van der Waals surface area contributed by atoms with E-state index < -0.39 is 10.0 Å². The summed E-state index contributed by atoms with van der Waals surface area (Å²) in [5.74, 6) is 0.299. The van der Waals surface area contributed by atoms with E-state index in [4.69, 9.17) is 0 Å². The molecule has 118 valence electrons. The lowest BCUT2D eigenvalue weighted by Crippen LogP contribution is -2.13. The molecule has 0 bridgehead atoms. The van der Waals surface area contributed by atoms with E-state index in [9.17, 15) is 13.5 Å². The number of rotatable bonds is 3. The highest BCUT2D eigenvalue weighted by atomic mass is 79.9. The normalized spacial score (nSPS) is 11.6. The lowest BCUT2D eigenvalue weighted by molar-refractivity contribution is 0.468. The van der Waals surface area contributed by atoms with E-state index in [0.29, 0.717) is 14.5 Å². The van der Waals surface area contributed by atoms with E-state index in [1.165, 1.54) is 24.5 Å². The molecule has 0 unspecified atom stereocenters. The molecule has 0 saturated carbocycles. The Morgan fingerprint density at radius 3 is 2.26 bits per heavy atom. The molecule has 3 rings (SSSR count). The van der Waals surface area contributed by atoms with Gasteiger partial charge in [-0.1, -0.05) is 18.2 Å². The van der Waals surface area contributed by atoms with Crippen LogP contribution < -0.4 is 0 Å². The number of nitrogens with zero attached hydrogens (tertiary/aromatic N) is 2. The van der Waals surface area contributed by atoms with Crippen molar-refractivity contribution >= 4 is 41.9 Å². The third-order valence-corrected chi connectivity index (χ3v) is 6.07. The predicted molar refractivity (Wildman–Crippen MR) is 93.8 cm³/mol. The Balaban J connectivity index is 2.18. The van der Waals surface area contributed by atoms with Gasteiger partial charge in [0, 0.05) is 18.0 Å². The first kappa shape index (κ1) is 16.2. The van der Waals surface area contributed by atoms with Crippen molar-refractivity contribution in [2.45, 2.75) is 4.90 Å². The summed E-state index contributed by atoms with van der Waals surface area (Å²) in [5, 5.41) is 9.80. The number of phenols is 1. The van der Waals surface area contributed by atoms with Gasteiger partial charge in [-0.2, -0.15) is 0 Å². The Morgan fingerprint density at radius 1 is 1.04 bits per heavy atom. The highest BCUT2D eigenvalue weighted by molar-refractivity contribution is 9.11. The van der Waals surface area contributed by atoms with Gasteiger partial charge >= 0.3 is 0 Å². The molecular weight excluding hydrogens is 448 g/mol. The monoisotopic (exact) mass is 456 g/mol. The van der Waals surface area contributed by atoms with Crippen molar-refractivity contribution in [1.29, 1.82) is 0 Å². The van der Waals surface area contributed by atoms with Gasteiger partial charge in [0.1, 0.15) is 5.75 Å². The topological polar surface area (TPSA) is 72.2 Å². The molecule has 0 aliphatic heterocycles. The lowest BCUT2D eigenvalue weighted by Gasteiger charge is -2.10. The van der Waals surface area contributed by atoms with E-state index in [1.54, 1.807) is 30.3 Å². The van der Waals surface area contributed by atoms with Gasteiger partial charge in [0.15, 0.2) is 5.82 Å². The van der Waals surface area contributed by atoms with E-state index in [-0.39, 0.29) is 16.5 Å². The summed E-state index contributed by atoms with van der Waals surface area (Å²) in [4.78, 5) is 4.33. The van der Waals surface area contributed by atoms with Gasteiger partial charge in [0.2, 0.25) is 0 Å². The van der Waals surface area contributed by atoms with Crippen LogP contribution >= 0.6 is 31.9 Å². The molecule has 23 heavy (non-hydrogen) atoms. The second-order valence-corrected chi connectivity index (χ2v) is 8.18. The number of hydrogen-bond acceptors (Lipinski definition) is 4. The molecule has 0 spiro atoms. The first-order valence-corrected chi connectivity index (χ1v) is 9.46. The van der Waals surface area contributed by atoms with Gasteiger partial charge in [0.25, 0.3) is 10.0 Å². The standard InChI is InChI=1S/C15H10Br2N2O3S/c16-12-8-10(9-13(17)14(12)20)15-18-6-7-19(15)23(21,22)11-4-2-1-3-5-11/h1-9,20H. The third kappa shape index (κ3) is 2.93. The van der Waals surface area contributed by atoms with E-state index >= 15 is 0 Å². The predicted octanol–water partition coefficient (Wildman–Crippen LogP) is 4.02. The summed E-state index contributed by atoms with van der Waals surface area (Å²) in [6, 6.07) is 11.4. The average Bonchev–Trinajstić information content (AvgIpc) is 3.03. The summed E-state index contributed by atoms with van der Waals surface area (Å²) in [5.41, 5.74) is 0.547. The van der Waals surface area contributed by atoms with Gasteiger partial charge in [0.05, 0.1) is 13.8 Å². The van der Waals surface area contributed by atoms with E-state index in [1.807, 2.05) is 0 Å². The Bertz CT molecular complexity index is 946. The number of aromatic hydroxyl groups is 1. The Labute approximate surface area is 149 Å². The average molecular weight is 458 g/mol. The van der Waals surface area contributed by atoms with Crippen molar-refractivity contribution in [2.75, 3.05) is 0 Å². The first-order chi connectivity index (χ1) is 10.9. The molecule has 0 saturated heterocycles. The molecule has 2 aromatic carbocycles. The molecule has 3 aromatic rings. The number of phenolic OH excluding ortho intramolecular Hbond substituents is 1. The number of benzene rings is 2. The van der Waals surface area contributed by atoms with Crippen LogP contribution in [0.4, 0.5) is 0 Å². The molecule has 0 aliphatic carbocycles. The second kappa shape index (κ2) is 6.10. The van der Waals surface area contributed by atoms with Crippen molar-refractivity contribution in [3.63, 3.8) is 0 Å². The Kier molecular flexibility index (Phi) is 4.31. The van der Waals surface area contributed by atoms with Crippen LogP contribution in [0.25, 0.3) is 11.4 Å². The largest absolute Gasteiger partial charge is 0.506 e. The summed E-state index contributed by atoms with van der Waals surface area (Å²) in [6.07, 6.45) is 2.82. The molecule has 5 nitrogen and oxygen atoms in total. The van der Waals surface area contributed by atoms with Gasteiger partial charge in [-0.25, -0.2) is 17.4 Å². The molecule has 1 heterocycles. The zero-order valence-electron chi connectivity index (χ0n) is 11.5. The lowest BCUT2D eigenvalue weighted by atomic mass is 10.2. The Morgan fingerprint density at radius 2 is 1.65 bits per heavy atom. The molecule has 0 atom stereocenters. The molecule has 0 fully saturated rings. The Hall–Kier alpha value is -1.64. The number of aromatic nitrogens is 2. The van der Waals surface area contributed by atoms with Crippen molar-refractivity contribution in [2.24, 2.45) is 0 Å². The van der Waals surface area contributed by atoms with Crippen LogP contribution in [0.5, 0.6) is 5.75 Å². The third-order valence-electron chi connectivity index (χ3n) is 3.18. The number of hydrogen-bond donors (Lipinski definition) is 1. The van der Waals surface area contributed by atoms with Crippen LogP contribution in [0.2, 0.25) is 0 Å². The minimum Gasteiger partial charge on any atom is -0.506 e. The number of imidazole rings is 1. The fourth-order valence-corrected chi connectivity index (χ4v) is 4.60. The fourth-order valence-electron chi connectivity index (χ4n) is 2.09. The van der Waals surface area contributed by atoms with Crippen molar-refractivity contribution in [3.8, 4) is 17.1 Å². The van der Waals surface area contributed by atoms with Crippen LogP contribution in [-0.4, -0.2) is 22.5 Å². The molecule has 1 N–H and O–H groups in total. The van der Waals surface area contributed by atoms with Crippen LogP contribution in [-0.2, 0) is 10.0 Å². The molecular formula is C15H10Br2N2O3S. The van der Waals surface area contributed by atoms with Gasteiger partial charge in [-0.3, -0.25) is 0 Å². The highest BCUT2D eigenvalue weighted by Crippen LogP contribution is 2.36. The van der Waals surface area contributed by atoms with Gasteiger partial charge in [-0.05, 0) is 56.1 Å². The fraction of sp³-hybridized carbons (Fsp3) is 0. The SMILES string of the molecule is O=S(=O)(c1ccccc1)n1ccnc1-c1cc(Br)c(O)c(Br)c1. The maximum atomic E-state index is 12.8. The molecule has 8 heteroatoms. The maximum Gasteiger partial charge on any atom is 0.269 e. The van der Waals surface area contributed by atoms with Crippen molar-refractivity contribution < 1.29 is 13.5 Å². The summed E-state index contributed by atoms with van der Waals surface area (Å²) in [6.45, 7) is 0. The van der Waals surface area contributed by atoms with Crippen molar-refractivity contribution in [3.05, 3.63) is 63.8 Å². The van der Waals surface area contributed by atoms with E-state index in [0.717, 1.165) is 3.97 Å². The summed E-state index contributed by atoms with van der Waals surface area (Å²) < 4.78 is 27.5. The minimum absolute atomic E-state index is 0.0396. The van der Waals surface area contributed by atoms with Gasteiger partial charge in [-0.15, -0.1) is 0 Å². The van der Waals surface area contributed by atoms with Crippen LogP contribution in [0.1, 0.15) is 0 Å². The molecule has 0 amide bonds. The minimum atomic E-state index is -3.75. The molecule has 0 radical (unpaired) electrons. The zero-order chi connectivity index (χ0) is 16.6. The smallest absolute Gasteiger partial charge is 0.269 e. The quantitative estimate of drug-likeness (QED) is 0.644. The van der Waals surface area contributed by atoms with Crippen LogP contribution in [0, 0.1) is 0 Å². The number of halogens is 2. The van der Waals surface area contributed by atoms with Gasteiger partial charge < -0.3 is 5.11 Å². The molecule has 0 aliphatic rings. The van der Waals surface area contributed by atoms with Crippen molar-refractivity contribution in [1.82, 2.24) is 8.96 Å². The summed E-state index contributed by atoms with van der Waals surface area (Å²) >= 11 is 6.47. The van der Waals surface area contributed by atoms with Crippen LogP contribution in [0.3, 0.4) is 0 Å². The zero-order valence-corrected chi connectivity index (χ0v) is 15.5. The first-order valence-electron chi connectivity index (χ1n) is 6.43. The maximum absolute atomic E-state index is 12.8. The highest BCUT2D eigenvalue weighted by Gasteiger charge is 2.21. The molecule has 1 aromatic heterocycles.